The van der Waals surface area contributed by atoms with Crippen molar-refractivity contribution < 1.29 is 4.39 Å². The molecule has 0 bridgehead atoms. The average Bonchev–Trinajstić information content (AvgIpc) is 3.09. The maximum atomic E-state index is 13.1. The molecule has 130 valence electrons. The van der Waals surface area contributed by atoms with E-state index in [9.17, 15) is 9.18 Å². The summed E-state index contributed by atoms with van der Waals surface area (Å²) in [7, 11) is 0. The second-order valence-corrected chi connectivity index (χ2v) is 6.70. The number of hydrogen-bond donors (Lipinski definition) is 0. The van der Waals surface area contributed by atoms with Crippen LogP contribution >= 0.6 is 11.8 Å². The topological polar surface area (TPSA) is 52.2 Å². The smallest absolute Gasteiger partial charge is 0.263 e. The molecule has 2 heterocycles. The highest BCUT2D eigenvalue weighted by molar-refractivity contribution is 7.98. The van der Waals surface area contributed by atoms with Gasteiger partial charge < -0.3 is 0 Å². The van der Waals surface area contributed by atoms with Gasteiger partial charge in [0.15, 0.2) is 5.16 Å². The molecule has 0 radical (unpaired) electrons. The lowest BCUT2D eigenvalue weighted by molar-refractivity contribution is 0.627. The van der Waals surface area contributed by atoms with Crippen molar-refractivity contribution in [2.45, 2.75) is 17.5 Å². The predicted octanol–water partition coefficient (Wildman–Crippen LogP) is 3.66. The van der Waals surface area contributed by atoms with Crippen molar-refractivity contribution in [3.05, 3.63) is 82.9 Å². The first-order valence-corrected chi connectivity index (χ1v) is 9.02. The third kappa shape index (κ3) is 2.80. The third-order valence-electron chi connectivity index (χ3n) is 4.07. The molecular weight excluding hydrogens is 351 g/mol. The Kier molecular flexibility index (Phi) is 4.30. The summed E-state index contributed by atoms with van der Waals surface area (Å²) in [4.78, 5) is 12.7. The predicted molar refractivity (Wildman–Crippen MR) is 101 cm³/mol. The minimum Gasteiger partial charge on any atom is -0.272 e. The molecule has 0 unspecified atom stereocenters. The molecule has 0 fully saturated rings. The number of para-hydroxylation sites is 1. The molecule has 0 saturated carbocycles. The quantitative estimate of drug-likeness (QED) is 0.400. The fourth-order valence-corrected chi connectivity index (χ4v) is 3.75. The minimum absolute atomic E-state index is 0.115. The van der Waals surface area contributed by atoms with Crippen LogP contribution in [0.4, 0.5) is 4.39 Å². The Morgan fingerprint density at radius 3 is 2.65 bits per heavy atom. The van der Waals surface area contributed by atoms with Gasteiger partial charge in [0.2, 0.25) is 5.78 Å². The van der Waals surface area contributed by atoms with E-state index in [1.807, 2.05) is 22.6 Å². The van der Waals surface area contributed by atoms with E-state index in [2.05, 4.69) is 16.8 Å². The largest absolute Gasteiger partial charge is 0.272 e. The second kappa shape index (κ2) is 6.76. The van der Waals surface area contributed by atoms with Gasteiger partial charge in [-0.15, -0.1) is 16.8 Å². The molecule has 4 rings (SSSR count). The monoisotopic (exact) mass is 366 g/mol. The van der Waals surface area contributed by atoms with Crippen LogP contribution in [0.5, 0.6) is 0 Å². The van der Waals surface area contributed by atoms with Crippen LogP contribution in [-0.4, -0.2) is 19.2 Å². The van der Waals surface area contributed by atoms with Gasteiger partial charge in [-0.05, 0) is 29.8 Å². The van der Waals surface area contributed by atoms with E-state index in [0.29, 0.717) is 28.6 Å². The number of thioether (sulfide) groups is 1. The normalized spacial score (nSPS) is 11.3. The standard InChI is InChI=1S/C19H15FN4OS/c1-2-11-23-17(25)15-5-3-4-6-16(15)24-18(23)21-22-19(24)26-12-13-7-9-14(20)10-8-13/h2-10H,1,11-12H2. The van der Waals surface area contributed by atoms with Crippen LogP contribution in [0.2, 0.25) is 0 Å². The summed E-state index contributed by atoms with van der Waals surface area (Å²) in [5.74, 6) is 0.844. The van der Waals surface area contributed by atoms with Gasteiger partial charge in [-0.2, -0.15) is 0 Å². The molecule has 0 aliphatic carbocycles. The number of hydrogen-bond acceptors (Lipinski definition) is 4. The molecule has 0 spiro atoms. The molecule has 0 atom stereocenters. The Morgan fingerprint density at radius 2 is 1.88 bits per heavy atom. The van der Waals surface area contributed by atoms with Crippen LogP contribution in [0.1, 0.15) is 5.56 Å². The van der Waals surface area contributed by atoms with Crippen LogP contribution in [0, 0.1) is 5.82 Å². The molecule has 4 aromatic rings. The number of allylic oxidation sites excluding steroid dienone is 1. The minimum atomic E-state index is -0.258. The van der Waals surface area contributed by atoms with E-state index in [1.165, 1.54) is 23.9 Å². The molecular formula is C19H15FN4OS. The summed E-state index contributed by atoms with van der Waals surface area (Å²) in [5.41, 5.74) is 1.63. The van der Waals surface area contributed by atoms with Crippen LogP contribution < -0.4 is 5.56 Å². The second-order valence-electron chi connectivity index (χ2n) is 5.75. The van der Waals surface area contributed by atoms with Gasteiger partial charge in [0.25, 0.3) is 5.56 Å². The Hall–Kier alpha value is -2.93. The molecule has 0 aliphatic heterocycles. The Labute approximate surface area is 152 Å². The fraction of sp³-hybridized carbons (Fsp3) is 0.105. The van der Waals surface area contributed by atoms with E-state index < -0.39 is 0 Å². The highest BCUT2D eigenvalue weighted by atomic mass is 32.2. The lowest BCUT2D eigenvalue weighted by atomic mass is 10.2. The Bertz CT molecular complexity index is 1160. The number of halogens is 1. The SMILES string of the molecule is C=CCn1c(=O)c2ccccc2n2c(SCc3ccc(F)cc3)nnc12. The van der Waals surface area contributed by atoms with Crippen LogP contribution in [0.25, 0.3) is 16.7 Å². The molecule has 2 aromatic heterocycles. The summed E-state index contributed by atoms with van der Waals surface area (Å²) in [5, 5.41) is 9.77. The van der Waals surface area contributed by atoms with E-state index in [-0.39, 0.29) is 11.4 Å². The maximum Gasteiger partial charge on any atom is 0.263 e. The van der Waals surface area contributed by atoms with Crippen molar-refractivity contribution in [3.8, 4) is 0 Å². The van der Waals surface area contributed by atoms with E-state index >= 15 is 0 Å². The van der Waals surface area contributed by atoms with E-state index in [0.717, 1.165) is 11.1 Å². The van der Waals surface area contributed by atoms with Gasteiger partial charge in [0.1, 0.15) is 5.82 Å². The van der Waals surface area contributed by atoms with Crippen molar-refractivity contribution in [1.29, 1.82) is 0 Å². The van der Waals surface area contributed by atoms with Gasteiger partial charge >= 0.3 is 0 Å². The summed E-state index contributed by atoms with van der Waals surface area (Å²) in [6.45, 7) is 4.08. The Balaban J connectivity index is 1.84. The van der Waals surface area contributed by atoms with Crippen LogP contribution in [0.15, 0.2) is 71.1 Å². The van der Waals surface area contributed by atoms with E-state index in [1.54, 1.807) is 28.8 Å². The molecule has 0 aliphatic rings. The summed E-state index contributed by atoms with van der Waals surface area (Å²) >= 11 is 1.49. The Morgan fingerprint density at radius 1 is 1.12 bits per heavy atom. The lowest BCUT2D eigenvalue weighted by Crippen LogP contribution is -2.22. The van der Waals surface area contributed by atoms with Crippen LogP contribution in [0.3, 0.4) is 0 Å². The lowest BCUT2D eigenvalue weighted by Gasteiger charge is -2.09. The molecule has 5 nitrogen and oxygen atoms in total. The molecule has 26 heavy (non-hydrogen) atoms. The third-order valence-corrected chi connectivity index (χ3v) is 5.07. The zero-order valence-electron chi connectivity index (χ0n) is 13.8. The summed E-state index contributed by atoms with van der Waals surface area (Å²) < 4.78 is 16.5. The number of benzene rings is 2. The van der Waals surface area contributed by atoms with Crippen molar-refractivity contribution in [2.24, 2.45) is 0 Å². The highest BCUT2D eigenvalue weighted by Gasteiger charge is 2.16. The zero-order chi connectivity index (χ0) is 18.1. The summed E-state index contributed by atoms with van der Waals surface area (Å²) in [6.07, 6.45) is 1.66. The number of rotatable bonds is 5. The number of aromatic nitrogens is 4. The number of nitrogens with zero attached hydrogens (tertiary/aromatic N) is 4. The zero-order valence-corrected chi connectivity index (χ0v) is 14.6. The van der Waals surface area contributed by atoms with Crippen molar-refractivity contribution in [2.75, 3.05) is 0 Å². The van der Waals surface area contributed by atoms with Gasteiger partial charge in [-0.3, -0.25) is 13.8 Å². The van der Waals surface area contributed by atoms with Crippen molar-refractivity contribution >= 4 is 28.4 Å². The van der Waals surface area contributed by atoms with E-state index in [4.69, 9.17) is 0 Å². The first kappa shape index (κ1) is 16.5. The van der Waals surface area contributed by atoms with Gasteiger partial charge in [-0.25, -0.2) is 4.39 Å². The summed E-state index contributed by atoms with van der Waals surface area (Å²) in [6, 6.07) is 13.8. The molecule has 0 amide bonds. The van der Waals surface area contributed by atoms with Gasteiger partial charge in [-0.1, -0.05) is 42.1 Å². The van der Waals surface area contributed by atoms with Crippen molar-refractivity contribution in [3.63, 3.8) is 0 Å². The highest BCUT2D eigenvalue weighted by Crippen LogP contribution is 2.24. The van der Waals surface area contributed by atoms with Gasteiger partial charge in [0, 0.05) is 12.3 Å². The molecule has 2 aromatic carbocycles. The first-order chi connectivity index (χ1) is 12.7. The molecule has 0 saturated heterocycles. The van der Waals surface area contributed by atoms with Crippen molar-refractivity contribution in [1.82, 2.24) is 19.2 Å². The average molecular weight is 366 g/mol. The van der Waals surface area contributed by atoms with Gasteiger partial charge in [0.05, 0.1) is 10.9 Å². The maximum absolute atomic E-state index is 13.1. The molecule has 0 N–H and O–H groups in total. The van der Waals surface area contributed by atoms with Crippen LogP contribution in [-0.2, 0) is 12.3 Å². The molecule has 7 heteroatoms. The number of fused-ring (bicyclic) bond motifs is 3. The first-order valence-electron chi connectivity index (χ1n) is 8.04. The fourth-order valence-electron chi connectivity index (χ4n) is 2.85.